The van der Waals surface area contributed by atoms with Gasteiger partial charge in [0, 0.05) is 22.3 Å². The van der Waals surface area contributed by atoms with Gasteiger partial charge in [-0.3, -0.25) is 0 Å². The zero-order valence-corrected chi connectivity index (χ0v) is 8.56. The molecule has 1 heterocycles. The molecule has 0 aliphatic heterocycles. The van der Waals surface area contributed by atoms with Crippen LogP contribution in [0.1, 0.15) is 12.5 Å². The van der Waals surface area contributed by atoms with Gasteiger partial charge in [-0.25, -0.2) is 0 Å². The smallest absolute Gasteiger partial charge is 0.0390 e. The Bertz CT molecular complexity index is 486. The lowest BCUT2D eigenvalue weighted by Gasteiger charge is -1.96. The van der Waals surface area contributed by atoms with Crippen LogP contribution in [-0.2, 0) is 0 Å². The van der Waals surface area contributed by atoms with E-state index in [1.54, 1.807) is 6.08 Å². The highest BCUT2D eigenvalue weighted by Gasteiger charge is 2.01. The first kappa shape index (κ1) is 10.3. The highest BCUT2D eigenvalue weighted by molar-refractivity contribution is 5.74. The summed E-state index contributed by atoms with van der Waals surface area (Å²) in [6.45, 7) is 17.3. The fourth-order valence-electron chi connectivity index (χ4n) is 1.38. The Morgan fingerprint density at radius 1 is 1.36 bits per heavy atom. The van der Waals surface area contributed by atoms with E-state index in [0.29, 0.717) is 0 Å². The summed E-state index contributed by atoms with van der Waals surface area (Å²) in [7, 11) is 0. The number of aromatic amines is 1. The molecule has 0 aliphatic carbocycles. The number of hydrogen-bond donors (Lipinski definition) is 1. The number of hydrogen-bond acceptors (Lipinski definition) is 0. The van der Waals surface area contributed by atoms with E-state index in [2.05, 4.69) is 31.3 Å². The molecule has 0 aromatic carbocycles. The maximum atomic E-state index is 3.93. The zero-order valence-electron chi connectivity index (χ0n) is 8.56. The number of nitrogens with one attached hydrogen (secondary N) is 1. The Morgan fingerprint density at radius 3 is 2.50 bits per heavy atom. The lowest BCUT2D eigenvalue weighted by atomic mass is 10.1. The summed E-state index contributed by atoms with van der Waals surface area (Å²) >= 11 is 0. The molecule has 72 valence electrons. The minimum atomic E-state index is 0.889. The maximum absolute atomic E-state index is 3.93. The topological polar surface area (TPSA) is 15.8 Å². The molecular weight excluding hydrogens is 170 g/mol. The van der Waals surface area contributed by atoms with Gasteiger partial charge in [-0.05, 0) is 18.1 Å². The average Bonchev–Trinajstić information content (AvgIpc) is 2.58. The van der Waals surface area contributed by atoms with Gasteiger partial charge >= 0.3 is 0 Å². The number of rotatable bonds is 3. The predicted molar refractivity (Wildman–Crippen MR) is 64.1 cm³/mol. The predicted octanol–water partition coefficient (Wildman–Crippen LogP) is 1.98. The van der Waals surface area contributed by atoms with Crippen molar-refractivity contribution in [2.24, 2.45) is 0 Å². The van der Waals surface area contributed by atoms with Crippen LogP contribution in [0.4, 0.5) is 0 Å². The summed E-state index contributed by atoms with van der Waals surface area (Å²) in [5.74, 6) is 0. The summed E-state index contributed by atoms with van der Waals surface area (Å²) < 4.78 is 0. The molecular formula is C13H15N. The molecule has 1 nitrogen and oxygen atoms in total. The molecule has 0 spiro atoms. The second-order valence-electron chi connectivity index (χ2n) is 3.17. The van der Waals surface area contributed by atoms with Crippen LogP contribution in [0.2, 0.25) is 0 Å². The molecule has 0 radical (unpaired) electrons. The van der Waals surface area contributed by atoms with Crippen LogP contribution in [0.15, 0.2) is 38.1 Å². The van der Waals surface area contributed by atoms with E-state index in [1.807, 2.05) is 19.2 Å². The molecule has 0 bridgehead atoms. The van der Waals surface area contributed by atoms with Gasteiger partial charge in [-0.15, -0.1) is 0 Å². The van der Waals surface area contributed by atoms with Gasteiger partial charge in [0.2, 0.25) is 0 Å². The Hall–Kier alpha value is -1.76. The summed E-state index contributed by atoms with van der Waals surface area (Å²) in [6, 6.07) is 0. The van der Waals surface area contributed by atoms with Crippen LogP contribution < -0.4 is 10.6 Å². The van der Waals surface area contributed by atoms with E-state index in [1.165, 1.54) is 0 Å². The van der Waals surface area contributed by atoms with Crippen LogP contribution >= 0.6 is 0 Å². The van der Waals surface area contributed by atoms with Crippen molar-refractivity contribution in [3.63, 3.8) is 0 Å². The molecule has 1 heteroatoms. The van der Waals surface area contributed by atoms with Crippen LogP contribution in [0.3, 0.4) is 0 Å². The highest BCUT2D eigenvalue weighted by Crippen LogP contribution is 2.06. The van der Waals surface area contributed by atoms with Gasteiger partial charge in [0.05, 0.1) is 0 Å². The molecule has 0 amide bonds. The van der Waals surface area contributed by atoms with Crippen molar-refractivity contribution in [2.45, 2.75) is 6.92 Å². The quantitative estimate of drug-likeness (QED) is 0.693. The highest BCUT2D eigenvalue weighted by atomic mass is 14.7. The lowest BCUT2D eigenvalue weighted by molar-refractivity contribution is 1.32. The Labute approximate surface area is 84.5 Å². The molecule has 1 rings (SSSR count). The molecule has 1 aromatic rings. The van der Waals surface area contributed by atoms with Crippen molar-refractivity contribution >= 4 is 17.7 Å². The van der Waals surface area contributed by atoms with Crippen molar-refractivity contribution < 1.29 is 0 Å². The van der Waals surface area contributed by atoms with Crippen molar-refractivity contribution in [3.8, 4) is 0 Å². The molecule has 14 heavy (non-hydrogen) atoms. The third-order valence-electron chi connectivity index (χ3n) is 2.25. The van der Waals surface area contributed by atoms with Crippen molar-refractivity contribution in [3.05, 3.63) is 54.2 Å². The van der Waals surface area contributed by atoms with Gasteiger partial charge in [-0.2, -0.15) is 0 Å². The van der Waals surface area contributed by atoms with E-state index in [-0.39, 0.29) is 0 Å². The number of allylic oxidation sites excluding steroid dienone is 3. The van der Waals surface area contributed by atoms with E-state index < -0.39 is 0 Å². The lowest BCUT2D eigenvalue weighted by Crippen LogP contribution is -2.24. The molecule has 0 saturated carbocycles. The second kappa shape index (κ2) is 3.97. The zero-order chi connectivity index (χ0) is 10.7. The first-order valence-electron chi connectivity index (χ1n) is 4.43. The van der Waals surface area contributed by atoms with E-state index in [9.17, 15) is 0 Å². The van der Waals surface area contributed by atoms with Gasteiger partial charge < -0.3 is 4.98 Å². The van der Waals surface area contributed by atoms with Gasteiger partial charge in [0.1, 0.15) is 0 Å². The molecule has 0 atom stereocenters. The SMILES string of the molecule is C=CC(=C)c1c[nH]c(=C)/c1=C(/C)C=C. The first-order valence-corrected chi connectivity index (χ1v) is 4.43. The van der Waals surface area contributed by atoms with E-state index in [0.717, 1.165) is 27.3 Å². The summed E-state index contributed by atoms with van der Waals surface area (Å²) in [4.78, 5) is 3.08. The molecule has 0 saturated heterocycles. The largest absolute Gasteiger partial charge is 0.361 e. The fraction of sp³-hybridized carbons (Fsp3) is 0.0769. The van der Waals surface area contributed by atoms with Crippen molar-refractivity contribution in [2.75, 3.05) is 0 Å². The Morgan fingerprint density at radius 2 is 2.00 bits per heavy atom. The fourth-order valence-corrected chi connectivity index (χ4v) is 1.38. The maximum Gasteiger partial charge on any atom is 0.0390 e. The summed E-state index contributed by atoms with van der Waals surface area (Å²) in [5, 5.41) is 1.96. The van der Waals surface area contributed by atoms with Crippen molar-refractivity contribution in [1.82, 2.24) is 4.98 Å². The standard InChI is InChI=1S/C13H15N/c1-6-9(3)12-8-14-11(5)13(12)10(4)7-2/h6-8,14H,1-3,5H2,4H3/b13-10+. The van der Waals surface area contributed by atoms with Crippen LogP contribution in [0, 0.1) is 0 Å². The third kappa shape index (κ3) is 1.62. The monoisotopic (exact) mass is 185 g/mol. The summed E-state index contributed by atoms with van der Waals surface area (Å²) in [6.07, 6.45) is 5.45. The minimum Gasteiger partial charge on any atom is -0.361 e. The van der Waals surface area contributed by atoms with Gasteiger partial charge in [-0.1, -0.05) is 38.5 Å². The second-order valence-corrected chi connectivity index (χ2v) is 3.17. The van der Waals surface area contributed by atoms with Crippen LogP contribution in [-0.4, -0.2) is 4.98 Å². The van der Waals surface area contributed by atoms with Crippen molar-refractivity contribution in [1.29, 1.82) is 0 Å². The van der Waals surface area contributed by atoms with Gasteiger partial charge in [0.15, 0.2) is 0 Å². The first-order chi connectivity index (χ1) is 6.61. The number of aromatic nitrogens is 1. The average molecular weight is 185 g/mol. The third-order valence-corrected chi connectivity index (χ3v) is 2.25. The summed E-state index contributed by atoms with van der Waals surface area (Å²) in [5.41, 5.74) is 3.03. The van der Waals surface area contributed by atoms with Crippen LogP contribution in [0.5, 0.6) is 0 Å². The van der Waals surface area contributed by atoms with E-state index in [4.69, 9.17) is 0 Å². The molecule has 1 N–H and O–H groups in total. The molecule has 0 aliphatic rings. The minimum absolute atomic E-state index is 0.889. The normalized spacial score (nSPS) is 12.1. The van der Waals surface area contributed by atoms with Gasteiger partial charge in [0.25, 0.3) is 0 Å². The number of H-pyrrole nitrogens is 1. The van der Waals surface area contributed by atoms with Crippen LogP contribution in [0.25, 0.3) is 17.7 Å². The molecule has 0 fully saturated rings. The Balaban J connectivity index is 3.65. The molecule has 0 unspecified atom stereocenters. The van der Waals surface area contributed by atoms with E-state index >= 15 is 0 Å². The Kier molecular flexibility index (Phi) is 2.92. The molecule has 1 aromatic heterocycles.